The Hall–Kier alpha value is -0.900. The van der Waals surface area contributed by atoms with Crippen molar-refractivity contribution in [2.45, 2.75) is 34.6 Å². The summed E-state index contributed by atoms with van der Waals surface area (Å²) in [5.74, 6) is 0. The molecule has 0 aliphatic carbocycles. The molecule has 19 heavy (non-hydrogen) atoms. The van der Waals surface area contributed by atoms with E-state index in [0.717, 1.165) is 13.2 Å². The lowest BCUT2D eigenvalue weighted by molar-refractivity contribution is 0.135. The van der Waals surface area contributed by atoms with Crippen LogP contribution in [0, 0.1) is 0 Å². The van der Waals surface area contributed by atoms with Gasteiger partial charge in [-0.05, 0) is 34.6 Å². The van der Waals surface area contributed by atoms with E-state index in [4.69, 9.17) is 9.84 Å². The smallest absolute Gasteiger partial charge is 0.0693 e. The molecule has 0 spiro atoms. The number of rotatable bonds is 4. The molecular formula is C16H36O3. The molecule has 0 aliphatic heterocycles. The van der Waals surface area contributed by atoms with E-state index in [0.29, 0.717) is 6.61 Å². The summed E-state index contributed by atoms with van der Waals surface area (Å²) < 4.78 is 9.27. The molecule has 0 radical (unpaired) electrons. The van der Waals surface area contributed by atoms with Crippen molar-refractivity contribution < 1.29 is 14.6 Å². The molecule has 0 aliphatic rings. The van der Waals surface area contributed by atoms with E-state index in [1.165, 1.54) is 0 Å². The van der Waals surface area contributed by atoms with Crippen LogP contribution >= 0.6 is 0 Å². The van der Waals surface area contributed by atoms with E-state index in [-0.39, 0.29) is 6.61 Å². The molecule has 0 bridgehead atoms. The first kappa shape index (κ1) is 30.8. The average molecular weight is 276 g/mol. The second-order valence-electron chi connectivity index (χ2n) is 2.72. The van der Waals surface area contributed by atoms with Crippen LogP contribution in [-0.4, -0.2) is 38.6 Å². The molecule has 118 valence electrons. The first-order valence-electron chi connectivity index (χ1n) is 6.46. The van der Waals surface area contributed by atoms with Crippen LogP contribution in [-0.2, 0) is 9.47 Å². The summed E-state index contributed by atoms with van der Waals surface area (Å²) in [5, 5.41) is 7.94. The van der Waals surface area contributed by atoms with E-state index in [2.05, 4.69) is 24.5 Å². The van der Waals surface area contributed by atoms with E-state index in [9.17, 15) is 0 Å². The molecule has 0 atom stereocenters. The molecule has 0 amide bonds. The van der Waals surface area contributed by atoms with Gasteiger partial charge in [0, 0.05) is 20.3 Å². The predicted octanol–water partition coefficient (Wildman–Crippen LogP) is 4.24. The van der Waals surface area contributed by atoms with Crippen molar-refractivity contribution in [1.29, 1.82) is 0 Å². The molecule has 1 N–H and O–H groups in total. The third-order valence-corrected chi connectivity index (χ3v) is 0.704. The predicted molar refractivity (Wildman–Crippen MR) is 88.7 cm³/mol. The fraction of sp³-hybridized carbons (Fsp3) is 0.625. The lowest BCUT2D eigenvalue weighted by atomic mass is 10.8. The number of hydrogen-bond donors (Lipinski definition) is 1. The van der Waals surface area contributed by atoms with Crippen LogP contribution in [0.2, 0.25) is 0 Å². The Morgan fingerprint density at radius 1 is 0.895 bits per heavy atom. The monoisotopic (exact) mass is 276 g/mol. The Bertz CT molecular complexity index is 98.9. The van der Waals surface area contributed by atoms with Crippen LogP contribution in [0.3, 0.4) is 0 Å². The number of aliphatic hydroxyl groups excluding tert-OH is 1. The van der Waals surface area contributed by atoms with Gasteiger partial charge in [-0.1, -0.05) is 18.2 Å². The van der Waals surface area contributed by atoms with Crippen LogP contribution in [0.5, 0.6) is 0 Å². The van der Waals surface area contributed by atoms with Gasteiger partial charge in [-0.15, -0.1) is 19.7 Å². The Labute approximate surface area is 121 Å². The van der Waals surface area contributed by atoms with Crippen molar-refractivity contribution in [3.05, 3.63) is 38.0 Å². The highest BCUT2D eigenvalue weighted by Gasteiger charge is 1.67. The minimum atomic E-state index is 0.122. The van der Waals surface area contributed by atoms with Crippen molar-refractivity contribution in [3.63, 3.8) is 0 Å². The van der Waals surface area contributed by atoms with Gasteiger partial charge in [0.1, 0.15) is 0 Å². The summed E-state index contributed by atoms with van der Waals surface area (Å²) in [6.45, 7) is 22.0. The molecular weight excluding hydrogens is 240 g/mol. The van der Waals surface area contributed by atoms with Crippen LogP contribution in [0.15, 0.2) is 38.0 Å². The maximum atomic E-state index is 7.94. The first-order valence-corrected chi connectivity index (χ1v) is 6.46. The summed E-state index contributed by atoms with van der Waals surface area (Å²) in [4.78, 5) is 0. The molecule has 0 unspecified atom stereocenters. The molecule has 0 aromatic rings. The summed E-state index contributed by atoms with van der Waals surface area (Å²) >= 11 is 0. The molecule has 0 heterocycles. The third kappa shape index (κ3) is 406. The largest absolute Gasteiger partial charge is 0.394 e. The molecule has 3 heteroatoms. The minimum absolute atomic E-state index is 0.122. The van der Waals surface area contributed by atoms with Crippen LogP contribution in [0.1, 0.15) is 34.6 Å². The lowest BCUT2D eigenvalue weighted by Crippen LogP contribution is -1.91. The standard InChI is InChI=1S/C4H10O.C3H8O2.3C3H6/c1-3-5-4-2;1-5-3-2-4;3*1-3-2/h3-4H2,1-2H3;4H,2-3H2,1H3;3*3H,1H2,2H3. The van der Waals surface area contributed by atoms with Crippen molar-refractivity contribution >= 4 is 0 Å². The zero-order valence-electron chi connectivity index (χ0n) is 13.9. The van der Waals surface area contributed by atoms with Gasteiger partial charge < -0.3 is 14.6 Å². The highest BCUT2D eigenvalue weighted by Crippen LogP contribution is 1.64. The van der Waals surface area contributed by atoms with Gasteiger partial charge in [0.15, 0.2) is 0 Å². The van der Waals surface area contributed by atoms with Gasteiger partial charge in [0.2, 0.25) is 0 Å². The second kappa shape index (κ2) is 67.6. The highest BCUT2D eigenvalue weighted by molar-refractivity contribution is 4.52. The molecule has 0 fully saturated rings. The maximum absolute atomic E-state index is 7.94. The van der Waals surface area contributed by atoms with Gasteiger partial charge in [-0.3, -0.25) is 0 Å². The van der Waals surface area contributed by atoms with Gasteiger partial charge in [-0.2, -0.15) is 0 Å². The van der Waals surface area contributed by atoms with Gasteiger partial charge in [-0.25, -0.2) is 0 Å². The molecule has 0 rings (SSSR count). The van der Waals surface area contributed by atoms with Crippen molar-refractivity contribution in [1.82, 2.24) is 0 Å². The summed E-state index contributed by atoms with van der Waals surface area (Å²) in [5.41, 5.74) is 0. The zero-order chi connectivity index (χ0) is 16.4. The van der Waals surface area contributed by atoms with E-state index < -0.39 is 0 Å². The highest BCUT2D eigenvalue weighted by atomic mass is 16.5. The normalized spacial score (nSPS) is 6.47. The van der Waals surface area contributed by atoms with Crippen LogP contribution in [0.4, 0.5) is 0 Å². The van der Waals surface area contributed by atoms with E-state index >= 15 is 0 Å². The molecule has 0 saturated carbocycles. The quantitative estimate of drug-likeness (QED) is 0.780. The fourth-order valence-electron chi connectivity index (χ4n) is 0.295. The number of ether oxygens (including phenoxy) is 2. The fourth-order valence-corrected chi connectivity index (χ4v) is 0.295. The van der Waals surface area contributed by atoms with Gasteiger partial charge in [0.05, 0.1) is 13.2 Å². The van der Waals surface area contributed by atoms with E-state index in [1.807, 2.05) is 34.6 Å². The topological polar surface area (TPSA) is 38.7 Å². The second-order valence-corrected chi connectivity index (χ2v) is 2.72. The maximum Gasteiger partial charge on any atom is 0.0693 e. The van der Waals surface area contributed by atoms with Crippen molar-refractivity contribution in [2.75, 3.05) is 33.5 Å². The Balaban J connectivity index is -0.0000000442. The Morgan fingerprint density at radius 2 is 1.16 bits per heavy atom. The molecule has 3 nitrogen and oxygen atoms in total. The van der Waals surface area contributed by atoms with Crippen molar-refractivity contribution in [3.8, 4) is 0 Å². The molecule has 0 aromatic heterocycles. The van der Waals surface area contributed by atoms with Crippen molar-refractivity contribution in [2.24, 2.45) is 0 Å². The number of methoxy groups -OCH3 is 1. The number of allylic oxidation sites excluding steroid dienone is 3. The Morgan fingerprint density at radius 3 is 1.16 bits per heavy atom. The number of hydrogen-bond acceptors (Lipinski definition) is 3. The first-order chi connectivity index (χ1) is 9.07. The van der Waals surface area contributed by atoms with Crippen LogP contribution in [0.25, 0.3) is 0 Å². The van der Waals surface area contributed by atoms with Gasteiger partial charge >= 0.3 is 0 Å². The van der Waals surface area contributed by atoms with Crippen LogP contribution < -0.4 is 0 Å². The summed E-state index contributed by atoms with van der Waals surface area (Å²) in [6, 6.07) is 0. The Kier molecular flexibility index (Phi) is 110. The third-order valence-electron chi connectivity index (χ3n) is 0.704. The average Bonchev–Trinajstić information content (AvgIpc) is 2.35. The molecule has 0 saturated heterocycles. The van der Waals surface area contributed by atoms with E-state index in [1.54, 1.807) is 25.3 Å². The van der Waals surface area contributed by atoms with Gasteiger partial charge in [0.25, 0.3) is 0 Å². The zero-order valence-corrected chi connectivity index (χ0v) is 13.9. The summed E-state index contributed by atoms with van der Waals surface area (Å²) in [6.07, 6.45) is 5.25. The minimum Gasteiger partial charge on any atom is -0.394 e. The molecule has 0 aromatic carbocycles. The lowest BCUT2D eigenvalue weighted by Gasteiger charge is -1.86. The SMILES string of the molecule is C=CC.C=CC.C=CC.CCOCC.COCCO. The number of aliphatic hydroxyl groups is 1. The summed E-state index contributed by atoms with van der Waals surface area (Å²) in [7, 11) is 1.55.